The van der Waals surface area contributed by atoms with Gasteiger partial charge < -0.3 is 14.2 Å². The lowest BCUT2D eigenvalue weighted by Gasteiger charge is -2.13. The van der Waals surface area contributed by atoms with Crippen LogP contribution in [0, 0.1) is 5.82 Å². The van der Waals surface area contributed by atoms with Gasteiger partial charge in [0.1, 0.15) is 17.1 Å². The number of fused-ring (bicyclic) bond motifs is 1. The topological polar surface area (TPSA) is 79.1 Å². The fraction of sp³-hybridized carbons (Fsp3) is 0.167. The highest BCUT2D eigenvalue weighted by Gasteiger charge is 2.23. The molecule has 2 aromatic heterocycles. The smallest absolute Gasteiger partial charge is 0.341 e. The summed E-state index contributed by atoms with van der Waals surface area (Å²) < 4.78 is 30.6. The number of rotatable bonds is 4. The van der Waals surface area contributed by atoms with Gasteiger partial charge in [0.05, 0.1) is 44.2 Å². The lowest BCUT2D eigenvalue weighted by Crippen LogP contribution is -2.08. The van der Waals surface area contributed by atoms with Crippen LogP contribution in [-0.4, -0.2) is 42.9 Å². The van der Waals surface area contributed by atoms with E-state index >= 15 is 0 Å². The van der Waals surface area contributed by atoms with E-state index in [2.05, 4.69) is 5.10 Å². The Morgan fingerprint density at radius 2 is 1.77 bits per heavy atom. The molecule has 0 atom stereocenters. The zero-order chi connectivity index (χ0) is 18.8. The molecule has 0 saturated carbocycles. The highest BCUT2D eigenvalue weighted by atomic mass is 19.1. The number of carbonyl (C=O) groups is 2. The third kappa shape index (κ3) is 2.75. The van der Waals surface area contributed by atoms with E-state index in [0.717, 1.165) is 0 Å². The molecule has 3 aromatic rings. The van der Waals surface area contributed by atoms with E-state index in [1.54, 1.807) is 6.07 Å². The number of methoxy groups -OCH3 is 3. The van der Waals surface area contributed by atoms with Gasteiger partial charge in [-0.2, -0.15) is 5.10 Å². The summed E-state index contributed by atoms with van der Waals surface area (Å²) >= 11 is 0. The van der Waals surface area contributed by atoms with Crippen molar-refractivity contribution in [3.05, 3.63) is 53.6 Å². The first-order valence-electron chi connectivity index (χ1n) is 7.52. The van der Waals surface area contributed by atoms with Crippen LogP contribution in [0.4, 0.5) is 4.39 Å². The number of pyridine rings is 1. The summed E-state index contributed by atoms with van der Waals surface area (Å²) in [4.78, 5) is 24.2. The molecule has 0 spiro atoms. The quantitative estimate of drug-likeness (QED) is 0.667. The number of hydrogen-bond acceptors (Lipinski definition) is 6. The Bertz CT molecular complexity index is 1010. The Morgan fingerprint density at radius 3 is 2.42 bits per heavy atom. The average molecular weight is 358 g/mol. The van der Waals surface area contributed by atoms with Crippen LogP contribution in [0.2, 0.25) is 0 Å². The maximum absolute atomic E-state index is 14.5. The van der Waals surface area contributed by atoms with Gasteiger partial charge in [-0.05, 0) is 18.2 Å². The second kappa shape index (κ2) is 6.83. The number of nitrogens with zero attached hydrogens (tertiary/aromatic N) is 2. The van der Waals surface area contributed by atoms with E-state index in [0.29, 0.717) is 5.52 Å². The fourth-order valence-electron chi connectivity index (χ4n) is 2.71. The van der Waals surface area contributed by atoms with Crippen molar-refractivity contribution in [3.8, 4) is 16.9 Å². The number of halogens is 1. The molecule has 134 valence electrons. The molecule has 0 bridgehead atoms. The monoisotopic (exact) mass is 358 g/mol. The van der Waals surface area contributed by atoms with Crippen LogP contribution in [-0.2, 0) is 9.47 Å². The third-order valence-electron chi connectivity index (χ3n) is 3.93. The van der Waals surface area contributed by atoms with E-state index in [9.17, 15) is 14.0 Å². The Balaban J connectivity index is 2.36. The number of carbonyl (C=O) groups excluding carboxylic acids is 2. The molecule has 0 aliphatic rings. The lowest BCUT2D eigenvalue weighted by atomic mass is 9.99. The van der Waals surface area contributed by atoms with Crippen molar-refractivity contribution in [1.29, 1.82) is 0 Å². The minimum Gasteiger partial charge on any atom is -0.496 e. The number of benzene rings is 1. The van der Waals surface area contributed by atoms with Crippen LogP contribution in [0.15, 0.2) is 36.7 Å². The molecule has 7 nitrogen and oxygen atoms in total. The molecule has 8 heteroatoms. The fourth-order valence-corrected chi connectivity index (χ4v) is 2.71. The highest BCUT2D eigenvalue weighted by Crippen LogP contribution is 2.35. The Morgan fingerprint density at radius 1 is 1.08 bits per heavy atom. The molecule has 3 rings (SSSR count). The lowest BCUT2D eigenvalue weighted by molar-refractivity contribution is 0.0591. The molecule has 0 amide bonds. The maximum atomic E-state index is 14.5. The van der Waals surface area contributed by atoms with Crippen LogP contribution >= 0.6 is 0 Å². The summed E-state index contributed by atoms with van der Waals surface area (Å²) in [6.45, 7) is 0. The molecule has 2 heterocycles. The zero-order valence-corrected chi connectivity index (χ0v) is 14.3. The summed E-state index contributed by atoms with van der Waals surface area (Å²) in [6.07, 6.45) is 2.75. The number of ether oxygens (including phenoxy) is 3. The van der Waals surface area contributed by atoms with Gasteiger partial charge in [-0.1, -0.05) is 6.07 Å². The van der Waals surface area contributed by atoms with Gasteiger partial charge in [0.15, 0.2) is 0 Å². The van der Waals surface area contributed by atoms with E-state index in [1.165, 1.54) is 56.4 Å². The van der Waals surface area contributed by atoms with E-state index in [4.69, 9.17) is 14.2 Å². The summed E-state index contributed by atoms with van der Waals surface area (Å²) in [5.41, 5.74) is 0.876. The van der Waals surface area contributed by atoms with E-state index in [1.807, 2.05) is 0 Å². The van der Waals surface area contributed by atoms with Gasteiger partial charge in [0.2, 0.25) is 0 Å². The summed E-state index contributed by atoms with van der Waals surface area (Å²) in [5.74, 6) is -1.62. The predicted octanol–water partition coefficient (Wildman–Crippen LogP) is 2.72. The average Bonchev–Trinajstić information content (AvgIpc) is 3.08. The first kappa shape index (κ1) is 17.4. The first-order chi connectivity index (χ1) is 12.5. The Kier molecular flexibility index (Phi) is 4.57. The Labute approximate surface area is 147 Å². The molecule has 0 aliphatic heterocycles. The standard InChI is InChI=1S/C18H15FN2O5/c1-24-15-6-4-5-13(19)16(15)12-9-21-14(7-10(12)17(22)25-2)11(8-20-21)18(23)26-3/h4-9H,1-3H3. The third-order valence-corrected chi connectivity index (χ3v) is 3.93. The number of hydrogen-bond donors (Lipinski definition) is 0. The summed E-state index contributed by atoms with van der Waals surface area (Å²) in [5, 5.41) is 4.09. The van der Waals surface area contributed by atoms with Crippen molar-refractivity contribution in [2.75, 3.05) is 21.3 Å². The SMILES string of the molecule is COC(=O)c1cc2c(C(=O)OC)cnn2cc1-c1c(F)cccc1OC. The minimum atomic E-state index is -0.690. The zero-order valence-electron chi connectivity index (χ0n) is 14.3. The van der Waals surface area contributed by atoms with Crippen molar-refractivity contribution in [2.45, 2.75) is 0 Å². The largest absolute Gasteiger partial charge is 0.496 e. The molecule has 0 N–H and O–H groups in total. The number of aromatic nitrogens is 2. The maximum Gasteiger partial charge on any atom is 0.341 e. The Hall–Kier alpha value is -3.42. The van der Waals surface area contributed by atoms with Crippen molar-refractivity contribution in [3.63, 3.8) is 0 Å². The normalized spacial score (nSPS) is 10.6. The van der Waals surface area contributed by atoms with Gasteiger partial charge in [-0.15, -0.1) is 0 Å². The van der Waals surface area contributed by atoms with Crippen molar-refractivity contribution in [2.24, 2.45) is 0 Å². The summed E-state index contributed by atoms with van der Waals surface area (Å²) in [6, 6.07) is 5.74. The molecule has 1 aromatic carbocycles. The van der Waals surface area contributed by atoms with E-state index in [-0.39, 0.29) is 28.0 Å². The second-order valence-electron chi connectivity index (χ2n) is 5.29. The number of esters is 2. The van der Waals surface area contributed by atoms with Gasteiger partial charge in [0, 0.05) is 11.8 Å². The molecule has 0 radical (unpaired) electrons. The second-order valence-corrected chi connectivity index (χ2v) is 5.29. The van der Waals surface area contributed by atoms with Crippen molar-refractivity contribution in [1.82, 2.24) is 9.61 Å². The van der Waals surface area contributed by atoms with Crippen LogP contribution in [0.1, 0.15) is 20.7 Å². The van der Waals surface area contributed by atoms with Crippen LogP contribution in [0.5, 0.6) is 5.75 Å². The van der Waals surface area contributed by atoms with Crippen LogP contribution < -0.4 is 4.74 Å². The molecule has 0 aliphatic carbocycles. The van der Waals surface area contributed by atoms with E-state index < -0.39 is 17.8 Å². The van der Waals surface area contributed by atoms with Gasteiger partial charge in [0.25, 0.3) is 0 Å². The van der Waals surface area contributed by atoms with Crippen molar-refractivity contribution >= 4 is 17.5 Å². The summed E-state index contributed by atoms with van der Waals surface area (Å²) in [7, 11) is 3.86. The minimum absolute atomic E-state index is 0.0639. The van der Waals surface area contributed by atoms with Crippen molar-refractivity contribution < 1.29 is 28.2 Å². The molecule has 0 fully saturated rings. The molecular formula is C18H15FN2O5. The molecular weight excluding hydrogens is 343 g/mol. The van der Waals surface area contributed by atoms with Gasteiger partial charge in [-0.3, -0.25) is 0 Å². The van der Waals surface area contributed by atoms with Crippen LogP contribution in [0.3, 0.4) is 0 Å². The highest BCUT2D eigenvalue weighted by molar-refractivity contribution is 6.02. The molecule has 26 heavy (non-hydrogen) atoms. The van der Waals surface area contributed by atoms with Crippen LogP contribution in [0.25, 0.3) is 16.6 Å². The van der Waals surface area contributed by atoms with Gasteiger partial charge in [-0.25, -0.2) is 18.5 Å². The molecule has 0 unspecified atom stereocenters. The predicted molar refractivity (Wildman–Crippen MR) is 89.8 cm³/mol. The molecule has 0 saturated heterocycles. The first-order valence-corrected chi connectivity index (χ1v) is 7.52. The van der Waals surface area contributed by atoms with Gasteiger partial charge >= 0.3 is 11.9 Å².